The van der Waals surface area contributed by atoms with E-state index in [4.69, 9.17) is 0 Å². The van der Waals surface area contributed by atoms with Crippen LogP contribution in [0.2, 0.25) is 0 Å². The van der Waals surface area contributed by atoms with Gasteiger partial charge in [0.2, 0.25) is 5.91 Å². The normalized spacial score (nSPS) is 14.8. The fourth-order valence-corrected chi connectivity index (χ4v) is 3.94. The molecule has 10 heteroatoms. The van der Waals surface area contributed by atoms with Crippen LogP contribution < -0.4 is 10.5 Å². The van der Waals surface area contributed by atoms with E-state index < -0.39 is 11.7 Å². The molecule has 3 aromatic rings. The summed E-state index contributed by atoms with van der Waals surface area (Å²) in [6.07, 6.45) is -3.04. The summed E-state index contributed by atoms with van der Waals surface area (Å²) in [5.41, 5.74) is 0.0228. The maximum atomic E-state index is 13.0. The van der Waals surface area contributed by atoms with Gasteiger partial charge in [0, 0.05) is 36.3 Å². The van der Waals surface area contributed by atoms with E-state index in [0.29, 0.717) is 42.8 Å². The van der Waals surface area contributed by atoms with E-state index >= 15 is 0 Å². The van der Waals surface area contributed by atoms with Gasteiger partial charge in [0.25, 0.3) is 5.56 Å². The number of fused-ring (bicyclic) bond motifs is 1. The topological polar surface area (TPSA) is 58.4 Å². The van der Waals surface area contributed by atoms with Gasteiger partial charge >= 0.3 is 6.18 Å². The number of carbonyl (C=O) groups is 1. The lowest BCUT2D eigenvalue weighted by molar-refractivity contribution is -0.137. The van der Waals surface area contributed by atoms with Gasteiger partial charge in [-0.2, -0.15) is 13.2 Å². The highest BCUT2D eigenvalue weighted by Crippen LogP contribution is 2.31. The fourth-order valence-electron chi connectivity index (χ4n) is 3.58. The molecule has 4 rings (SSSR count). The maximum absolute atomic E-state index is 13.0. The maximum Gasteiger partial charge on any atom is 0.416 e. The molecule has 0 atom stereocenters. The van der Waals surface area contributed by atoms with Crippen LogP contribution >= 0.6 is 15.9 Å². The highest BCUT2D eigenvalue weighted by molar-refractivity contribution is 9.10. The van der Waals surface area contributed by atoms with E-state index in [1.807, 2.05) is 4.90 Å². The molecule has 1 aliphatic heterocycles. The van der Waals surface area contributed by atoms with Crippen molar-refractivity contribution in [1.82, 2.24) is 14.5 Å². The lowest BCUT2D eigenvalue weighted by atomic mass is 10.1. The number of benzene rings is 2. The minimum atomic E-state index is -4.40. The lowest BCUT2D eigenvalue weighted by Crippen LogP contribution is -2.50. The van der Waals surface area contributed by atoms with Gasteiger partial charge in [0.1, 0.15) is 6.54 Å². The zero-order chi connectivity index (χ0) is 22.2. The first-order valence-electron chi connectivity index (χ1n) is 9.57. The zero-order valence-corrected chi connectivity index (χ0v) is 17.9. The predicted molar refractivity (Wildman–Crippen MR) is 114 cm³/mol. The van der Waals surface area contributed by atoms with Crippen molar-refractivity contribution in [1.29, 1.82) is 0 Å². The third-order valence-electron chi connectivity index (χ3n) is 5.26. The number of carbonyl (C=O) groups excluding carboxylic acids is 1. The Labute approximate surface area is 184 Å². The monoisotopic (exact) mass is 494 g/mol. The van der Waals surface area contributed by atoms with Crippen LogP contribution in [0.5, 0.6) is 0 Å². The van der Waals surface area contributed by atoms with Crippen LogP contribution in [0.25, 0.3) is 10.9 Å². The number of anilines is 1. The molecule has 1 aromatic heterocycles. The Morgan fingerprint density at radius 2 is 1.81 bits per heavy atom. The Bertz CT molecular complexity index is 1190. The summed E-state index contributed by atoms with van der Waals surface area (Å²) in [4.78, 5) is 33.1. The standard InChI is InChI=1S/C21H18BrF3N4O2/c22-15-4-5-18-17(11-15)20(31)29(13-26-18)12-19(30)28-8-6-27(7-9-28)16-3-1-2-14(10-16)21(23,24)25/h1-5,10-11,13H,6-9,12H2. The molecule has 31 heavy (non-hydrogen) atoms. The number of aromatic nitrogens is 2. The molecular weight excluding hydrogens is 477 g/mol. The molecule has 1 aliphatic rings. The summed E-state index contributed by atoms with van der Waals surface area (Å²) in [6.45, 7) is 1.39. The number of halogens is 4. The average Bonchev–Trinajstić information content (AvgIpc) is 2.75. The van der Waals surface area contributed by atoms with Crippen LogP contribution in [-0.2, 0) is 17.5 Å². The summed E-state index contributed by atoms with van der Waals surface area (Å²) >= 11 is 3.33. The van der Waals surface area contributed by atoms with Crippen LogP contribution in [0, 0.1) is 0 Å². The van der Waals surface area contributed by atoms with E-state index in [1.165, 1.54) is 17.0 Å². The van der Waals surface area contributed by atoms with Gasteiger partial charge in [0.15, 0.2) is 0 Å². The summed E-state index contributed by atoms with van der Waals surface area (Å²) in [7, 11) is 0. The quantitative estimate of drug-likeness (QED) is 0.558. The summed E-state index contributed by atoms with van der Waals surface area (Å²) in [5, 5.41) is 0.416. The van der Waals surface area contributed by atoms with Gasteiger partial charge in [-0.25, -0.2) is 4.98 Å². The first-order valence-corrected chi connectivity index (χ1v) is 10.4. The molecule has 1 amide bonds. The van der Waals surface area contributed by atoms with Gasteiger partial charge in [-0.05, 0) is 36.4 Å². The van der Waals surface area contributed by atoms with Gasteiger partial charge in [-0.15, -0.1) is 0 Å². The second-order valence-electron chi connectivity index (χ2n) is 7.26. The number of rotatable bonds is 3. The second-order valence-corrected chi connectivity index (χ2v) is 8.17. The van der Waals surface area contributed by atoms with Crippen LogP contribution in [0.1, 0.15) is 5.56 Å². The number of amides is 1. The molecule has 6 nitrogen and oxygen atoms in total. The third-order valence-corrected chi connectivity index (χ3v) is 5.76. The minimum Gasteiger partial charge on any atom is -0.368 e. The van der Waals surface area contributed by atoms with Gasteiger partial charge in [0.05, 0.1) is 22.8 Å². The Kier molecular flexibility index (Phi) is 5.74. The van der Waals surface area contributed by atoms with Crippen LogP contribution in [-0.4, -0.2) is 46.5 Å². The van der Waals surface area contributed by atoms with Crippen molar-refractivity contribution in [2.45, 2.75) is 12.7 Å². The SMILES string of the molecule is O=C(Cn1cnc2ccc(Br)cc2c1=O)N1CCN(c2cccc(C(F)(F)F)c2)CC1. The van der Waals surface area contributed by atoms with Crippen molar-refractivity contribution >= 4 is 38.4 Å². The molecule has 1 fully saturated rings. The Morgan fingerprint density at radius 1 is 1.06 bits per heavy atom. The van der Waals surface area contributed by atoms with Crippen LogP contribution in [0.3, 0.4) is 0 Å². The van der Waals surface area contributed by atoms with Crippen LogP contribution in [0.4, 0.5) is 18.9 Å². The first-order chi connectivity index (χ1) is 14.7. The minimum absolute atomic E-state index is 0.141. The van der Waals surface area contributed by atoms with Crippen molar-refractivity contribution in [2.75, 3.05) is 31.1 Å². The van der Waals surface area contributed by atoms with E-state index in [9.17, 15) is 22.8 Å². The molecule has 0 bridgehead atoms. The fraction of sp³-hybridized carbons (Fsp3) is 0.286. The molecule has 0 N–H and O–H groups in total. The molecule has 0 radical (unpaired) electrons. The molecule has 0 unspecified atom stereocenters. The Hall–Kier alpha value is -2.88. The van der Waals surface area contributed by atoms with Gasteiger partial charge in [-0.1, -0.05) is 22.0 Å². The highest BCUT2D eigenvalue weighted by Gasteiger charge is 2.31. The molecule has 0 spiro atoms. The second kappa shape index (κ2) is 8.33. The Balaban J connectivity index is 1.43. The van der Waals surface area contributed by atoms with E-state index in [-0.39, 0.29) is 18.0 Å². The molecular formula is C21H18BrF3N4O2. The van der Waals surface area contributed by atoms with E-state index in [0.717, 1.165) is 16.6 Å². The third kappa shape index (κ3) is 4.58. The van der Waals surface area contributed by atoms with Crippen molar-refractivity contribution in [3.8, 4) is 0 Å². The largest absolute Gasteiger partial charge is 0.416 e. The van der Waals surface area contributed by atoms with Gasteiger partial charge < -0.3 is 9.80 Å². The summed E-state index contributed by atoms with van der Waals surface area (Å²) in [5.74, 6) is -0.234. The van der Waals surface area contributed by atoms with Crippen molar-refractivity contribution in [2.24, 2.45) is 0 Å². The van der Waals surface area contributed by atoms with Crippen LogP contribution in [0.15, 0.2) is 58.1 Å². The number of piperazine rings is 1. The number of hydrogen-bond donors (Lipinski definition) is 0. The first kappa shape index (κ1) is 21.4. The molecule has 2 aromatic carbocycles. The average molecular weight is 495 g/mol. The van der Waals surface area contributed by atoms with Crippen molar-refractivity contribution in [3.63, 3.8) is 0 Å². The zero-order valence-electron chi connectivity index (χ0n) is 16.3. The number of alkyl halides is 3. The smallest absolute Gasteiger partial charge is 0.368 e. The molecule has 162 valence electrons. The number of hydrogen-bond acceptors (Lipinski definition) is 4. The highest BCUT2D eigenvalue weighted by atomic mass is 79.9. The summed E-state index contributed by atoms with van der Waals surface area (Å²) in [6, 6.07) is 10.3. The lowest BCUT2D eigenvalue weighted by Gasteiger charge is -2.36. The molecule has 2 heterocycles. The van der Waals surface area contributed by atoms with E-state index in [2.05, 4.69) is 20.9 Å². The number of nitrogens with zero attached hydrogens (tertiary/aromatic N) is 4. The molecule has 0 saturated carbocycles. The van der Waals surface area contributed by atoms with Crippen molar-refractivity contribution in [3.05, 3.63) is 69.2 Å². The van der Waals surface area contributed by atoms with Gasteiger partial charge in [-0.3, -0.25) is 14.2 Å². The van der Waals surface area contributed by atoms with Crippen molar-refractivity contribution < 1.29 is 18.0 Å². The van der Waals surface area contributed by atoms with E-state index in [1.54, 1.807) is 29.2 Å². The molecule has 1 saturated heterocycles. The predicted octanol–water partition coefficient (Wildman–Crippen LogP) is 3.53. The molecule has 0 aliphatic carbocycles. The Morgan fingerprint density at radius 3 is 2.52 bits per heavy atom. The summed E-state index contributed by atoms with van der Waals surface area (Å²) < 4.78 is 40.9.